The van der Waals surface area contributed by atoms with E-state index >= 15 is 0 Å². The molecule has 25 heavy (non-hydrogen) atoms. The molecule has 0 saturated carbocycles. The summed E-state index contributed by atoms with van der Waals surface area (Å²) in [5, 5.41) is 7.67. The van der Waals surface area contributed by atoms with Gasteiger partial charge >= 0.3 is 5.97 Å². The van der Waals surface area contributed by atoms with E-state index in [-0.39, 0.29) is 5.56 Å². The molecule has 0 aliphatic rings. The standard InChI is InChI=1S/C18H16N2O5/c1-24-14-10-8-13(9-11-14)19-20-15(17(22)18(23)25-2)16(21)12-6-4-3-5-7-12/h3-11,15H,1-2H3. The molecular formula is C18H16N2O5. The van der Waals surface area contributed by atoms with Crippen LogP contribution in [0, 0.1) is 0 Å². The number of esters is 1. The fourth-order valence-corrected chi connectivity index (χ4v) is 1.97. The summed E-state index contributed by atoms with van der Waals surface area (Å²) in [4.78, 5) is 36.2. The molecule has 7 nitrogen and oxygen atoms in total. The number of carbonyl (C=O) groups is 3. The summed E-state index contributed by atoms with van der Waals surface area (Å²) < 4.78 is 9.44. The number of hydrogen-bond donors (Lipinski definition) is 0. The summed E-state index contributed by atoms with van der Waals surface area (Å²) in [7, 11) is 2.59. The van der Waals surface area contributed by atoms with Crippen molar-refractivity contribution in [2.75, 3.05) is 14.2 Å². The van der Waals surface area contributed by atoms with E-state index in [0.717, 1.165) is 7.11 Å². The largest absolute Gasteiger partial charge is 0.497 e. The Labute approximate surface area is 144 Å². The maximum absolute atomic E-state index is 12.5. The highest BCUT2D eigenvalue weighted by Gasteiger charge is 2.33. The molecule has 0 aliphatic carbocycles. The molecule has 0 radical (unpaired) electrons. The van der Waals surface area contributed by atoms with Crippen molar-refractivity contribution in [1.29, 1.82) is 0 Å². The van der Waals surface area contributed by atoms with Gasteiger partial charge < -0.3 is 9.47 Å². The van der Waals surface area contributed by atoms with Gasteiger partial charge in [-0.2, -0.15) is 10.2 Å². The highest BCUT2D eigenvalue weighted by molar-refractivity contribution is 6.41. The second-order valence-corrected chi connectivity index (χ2v) is 4.90. The van der Waals surface area contributed by atoms with Crippen LogP contribution in [0.25, 0.3) is 0 Å². The second kappa shape index (κ2) is 8.49. The molecule has 2 rings (SSSR count). The Balaban J connectivity index is 2.30. The number of rotatable bonds is 7. The summed E-state index contributed by atoms with van der Waals surface area (Å²) >= 11 is 0. The lowest BCUT2D eigenvalue weighted by Crippen LogP contribution is -2.34. The van der Waals surface area contributed by atoms with E-state index in [4.69, 9.17) is 4.74 Å². The lowest BCUT2D eigenvalue weighted by molar-refractivity contribution is -0.151. The lowest BCUT2D eigenvalue weighted by atomic mass is 10.0. The first-order valence-electron chi connectivity index (χ1n) is 7.33. The average molecular weight is 340 g/mol. The number of Topliss-reactive ketones (excluding diaryl/α,β-unsaturated/α-hetero) is 2. The summed E-state index contributed by atoms with van der Waals surface area (Å²) in [6.07, 6.45) is 0. The van der Waals surface area contributed by atoms with Crippen LogP contribution in [-0.2, 0) is 14.3 Å². The van der Waals surface area contributed by atoms with Crippen LogP contribution in [0.1, 0.15) is 10.4 Å². The van der Waals surface area contributed by atoms with Crippen LogP contribution in [-0.4, -0.2) is 37.8 Å². The minimum Gasteiger partial charge on any atom is -0.497 e. The molecule has 0 amide bonds. The number of benzene rings is 2. The second-order valence-electron chi connectivity index (χ2n) is 4.90. The summed E-state index contributed by atoms with van der Waals surface area (Å²) in [6, 6.07) is 13.0. The van der Waals surface area contributed by atoms with Crippen LogP contribution < -0.4 is 4.74 Å². The van der Waals surface area contributed by atoms with Crippen LogP contribution in [0.4, 0.5) is 5.69 Å². The fourth-order valence-electron chi connectivity index (χ4n) is 1.97. The molecule has 0 fully saturated rings. The number of ether oxygens (including phenoxy) is 2. The molecule has 2 aromatic rings. The first-order valence-corrected chi connectivity index (χ1v) is 7.33. The van der Waals surface area contributed by atoms with Gasteiger partial charge in [0.05, 0.1) is 19.9 Å². The Kier molecular flexibility index (Phi) is 6.11. The topological polar surface area (TPSA) is 94.4 Å². The molecule has 1 atom stereocenters. The van der Waals surface area contributed by atoms with Crippen LogP contribution in [0.15, 0.2) is 64.8 Å². The third kappa shape index (κ3) is 4.57. The summed E-state index contributed by atoms with van der Waals surface area (Å²) in [6.45, 7) is 0. The van der Waals surface area contributed by atoms with E-state index < -0.39 is 23.6 Å². The predicted molar refractivity (Wildman–Crippen MR) is 89.1 cm³/mol. The Bertz CT molecular complexity index is 785. The highest BCUT2D eigenvalue weighted by Crippen LogP contribution is 2.19. The van der Waals surface area contributed by atoms with E-state index in [0.29, 0.717) is 11.4 Å². The van der Waals surface area contributed by atoms with E-state index in [2.05, 4.69) is 15.0 Å². The summed E-state index contributed by atoms with van der Waals surface area (Å²) in [5.74, 6) is -2.23. The minimum absolute atomic E-state index is 0.249. The van der Waals surface area contributed by atoms with Gasteiger partial charge in [0.15, 0.2) is 5.78 Å². The summed E-state index contributed by atoms with van der Waals surface area (Å²) in [5.41, 5.74) is 0.655. The SMILES string of the molecule is COC(=O)C(=O)C(N=Nc1ccc(OC)cc1)C(=O)c1ccccc1. The van der Waals surface area contributed by atoms with Gasteiger partial charge in [0.1, 0.15) is 5.75 Å². The van der Waals surface area contributed by atoms with Gasteiger partial charge in [-0.05, 0) is 24.3 Å². The van der Waals surface area contributed by atoms with Crippen LogP contribution in [0.5, 0.6) is 5.75 Å². The van der Waals surface area contributed by atoms with E-state index in [1.807, 2.05) is 0 Å². The van der Waals surface area contributed by atoms with Crippen molar-refractivity contribution in [2.45, 2.75) is 6.04 Å². The Hall–Kier alpha value is -3.35. The Morgan fingerprint density at radius 1 is 0.920 bits per heavy atom. The molecular weight excluding hydrogens is 324 g/mol. The number of hydrogen-bond acceptors (Lipinski definition) is 7. The highest BCUT2D eigenvalue weighted by atomic mass is 16.5. The molecule has 0 spiro atoms. The first kappa shape index (κ1) is 18.0. The molecule has 0 N–H and O–H groups in total. The van der Waals surface area contributed by atoms with Gasteiger partial charge in [0.25, 0.3) is 5.78 Å². The van der Waals surface area contributed by atoms with E-state index in [1.165, 1.54) is 19.2 Å². The van der Waals surface area contributed by atoms with Gasteiger partial charge in [0.2, 0.25) is 6.04 Å². The van der Waals surface area contributed by atoms with Crippen LogP contribution >= 0.6 is 0 Å². The van der Waals surface area contributed by atoms with Crippen molar-refractivity contribution >= 4 is 23.2 Å². The number of methoxy groups -OCH3 is 2. The van der Waals surface area contributed by atoms with Crippen LogP contribution in [0.3, 0.4) is 0 Å². The van der Waals surface area contributed by atoms with Gasteiger partial charge in [-0.15, -0.1) is 0 Å². The van der Waals surface area contributed by atoms with Crippen molar-refractivity contribution in [3.63, 3.8) is 0 Å². The molecule has 1 unspecified atom stereocenters. The molecule has 0 saturated heterocycles. The molecule has 2 aromatic carbocycles. The fraction of sp³-hybridized carbons (Fsp3) is 0.167. The predicted octanol–water partition coefficient (Wildman–Crippen LogP) is 2.77. The molecule has 0 heterocycles. The first-order chi connectivity index (χ1) is 12.1. The van der Waals surface area contributed by atoms with E-state index in [1.54, 1.807) is 42.5 Å². The minimum atomic E-state index is -1.60. The van der Waals surface area contributed by atoms with Crippen molar-refractivity contribution in [2.24, 2.45) is 10.2 Å². The van der Waals surface area contributed by atoms with Gasteiger partial charge in [-0.3, -0.25) is 9.59 Å². The Morgan fingerprint density at radius 2 is 1.56 bits per heavy atom. The van der Waals surface area contributed by atoms with Crippen molar-refractivity contribution < 1.29 is 23.9 Å². The number of carbonyl (C=O) groups excluding carboxylic acids is 3. The molecule has 0 aliphatic heterocycles. The zero-order valence-electron chi connectivity index (χ0n) is 13.7. The van der Waals surface area contributed by atoms with Crippen molar-refractivity contribution in [3.05, 3.63) is 60.2 Å². The third-order valence-corrected chi connectivity index (χ3v) is 3.30. The van der Waals surface area contributed by atoms with Gasteiger partial charge in [-0.25, -0.2) is 4.79 Å². The number of azo groups is 1. The zero-order valence-corrected chi connectivity index (χ0v) is 13.7. The normalized spacial score (nSPS) is 11.8. The Morgan fingerprint density at radius 3 is 2.12 bits per heavy atom. The number of ketones is 2. The molecule has 0 aromatic heterocycles. The monoisotopic (exact) mass is 340 g/mol. The van der Waals surface area contributed by atoms with Gasteiger partial charge in [-0.1, -0.05) is 30.3 Å². The zero-order chi connectivity index (χ0) is 18.2. The lowest BCUT2D eigenvalue weighted by Gasteiger charge is -2.08. The molecule has 0 bridgehead atoms. The maximum atomic E-state index is 12.5. The van der Waals surface area contributed by atoms with E-state index in [9.17, 15) is 14.4 Å². The molecule has 7 heteroatoms. The average Bonchev–Trinajstić information content (AvgIpc) is 2.68. The molecule has 128 valence electrons. The van der Waals surface area contributed by atoms with Crippen molar-refractivity contribution in [3.8, 4) is 5.75 Å². The quantitative estimate of drug-likeness (QED) is 0.254. The van der Waals surface area contributed by atoms with Gasteiger partial charge in [0, 0.05) is 5.56 Å². The number of nitrogens with zero attached hydrogens (tertiary/aromatic N) is 2. The smallest absolute Gasteiger partial charge is 0.377 e. The maximum Gasteiger partial charge on any atom is 0.377 e. The van der Waals surface area contributed by atoms with Crippen molar-refractivity contribution in [1.82, 2.24) is 0 Å². The third-order valence-electron chi connectivity index (χ3n) is 3.30. The van der Waals surface area contributed by atoms with Crippen LogP contribution in [0.2, 0.25) is 0 Å².